The molecule has 0 bridgehead atoms. The molecule has 1 N–H and O–H groups in total. The van der Waals surface area contributed by atoms with E-state index >= 15 is 0 Å². The van der Waals surface area contributed by atoms with Gasteiger partial charge in [0.05, 0.1) is 0 Å². The Morgan fingerprint density at radius 1 is 1.39 bits per heavy atom. The van der Waals surface area contributed by atoms with Crippen molar-refractivity contribution in [1.29, 1.82) is 0 Å². The summed E-state index contributed by atoms with van der Waals surface area (Å²) in [4.78, 5) is 4.15. The van der Waals surface area contributed by atoms with Gasteiger partial charge < -0.3 is 5.32 Å². The zero-order valence-electron chi connectivity index (χ0n) is 10.7. The number of aromatic nitrogens is 3. The van der Waals surface area contributed by atoms with Gasteiger partial charge in [0.1, 0.15) is 12.1 Å². The van der Waals surface area contributed by atoms with Gasteiger partial charge >= 0.3 is 0 Å². The summed E-state index contributed by atoms with van der Waals surface area (Å²) in [5.41, 5.74) is 2.09. The summed E-state index contributed by atoms with van der Waals surface area (Å²) < 4.78 is 14.6. The molecule has 0 fully saturated rings. The first-order valence-electron chi connectivity index (χ1n) is 5.95. The highest BCUT2D eigenvalue weighted by atomic mass is 19.1. The van der Waals surface area contributed by atoms with Gasteiger partial charge in [-0.25, -0.2) is 9.37 Å². The zero-order valence-corrected chi connectivity index (χ0v) is 10.7. The fourth-order valence-electron chi connectivity index (χ4n) is 1.78. The average molecular weight is 248 g/mol. The van der Waals surface area contributed by atoms with Gasteiger partial charge in [0.2, 0.25) is 0 Å². The van der Waals surface area contributed by atoms with E-state index in [1.54, 1.807) is 17.1 Å². The smallest absolute Gasteiger partial charge is 0.151 e. The number of hydrogen-bond donors (Lipinski definition) is 1. The van der Waals surface area contributed by atoms with Crippen molar-refractivity contribution in [3.63, 3.8) is 0 Å². The Morgan fingerprint density at radius 3 is 2.89 bits per heavy atom. The standard InChI is InChI=1S/C13H17FN4/c1-10-7-12(14)4-3-11(10)8-15-6-5-13-16-9-18(2)17-13/h3-4,7,9,15H,5-6,8H2,1-2H3. The Labute approximate surface area is 106 Å². The molecule has 1 aromatic carbocycles. The van der Waals surface area contributed by atoms with Gasteiger partial charge in [-0.05, 0) is 30.2 Å². The van der Waals surface area contributed by atoms with Crippen molar-refractivity contribution < 1.29 is 4.39 Å². The molecule has 0 saturated carbocycles. The van der Waals surface area contributed by atoms with Gasteiger partial charge in [0, 0.05) is 26.6 Å². The number of aryl methyl sites for hydroxylation is 2. The summed E-state index contributed by atoms with van der Waals surface area (Å²) in [6.07, 6.45) is 2.49. The topological polar surface area (TPSA) is 42.7 Å². The molecule has 0 aliphatic heterocycles. The summed E-state index contributed by atoms with van der Waals surface area (Å²) in [5.74, 6) is 0.648. The number of nitrogens with one attached hydrogen (secondary N) is 1. The Bertz CT molecular complexity index is 521. The largest absolute Gasteiger partial charge is 0.312 e. The van der Waals surface area contributed by atoms with Gasteiger partial charge in [-0.3, -0.25) is 4.68 Å². The highest BCUT2D eigenvalue weighted by Gasteiger charge is 2.01. The number of halogens is 1. The van der Waals surface area contributed by atoms with Crippen molar-refractivity contribution in [3.8, 4) is 0 Å². The number of rotatable bonds is 5. The van der Waals surface area contributed by atoms with Gasteiger partial charge in [-0.2, -0.15) is 5.10 Å². The summed E-state index contributed by atoms with van der Waals surface area (Å²) >= 11 is 0. The molecule has 2 rings (SSSR count). The molecule has 5 heteroatoms. The lowest BCUT2D eigenvalue weighted by molar-refractivity contribution is 0.622. The van der Waals surface area contributed by atoms with Crippen LogP contribution in [0.25, 0.3) is 0 Å². The van der Waals surface area contributed by atoms with E-state index in [0.29, 0.717) is 0 Å². The van der Waals surface area contributed by atoms with Crippen LogP contribution in [0, 0.1) is 12.7 Å². The van der Waals surface area contributed by atoms with Crippen LogP contribution in [0.2, 0.25) is 0 Å². The predicted molar refractivity (Wildman–Crippen MR) is 67.6 cm³/mol. The van der Waals surface area contributed by atoms with Crippen LogP contribution in [0.1, 0.15) is 17.0 Å². The van der Waals surface area contributed by atoms with Gasteiger partial charge in [-0.1, -0.05) is 6.07 Å². The minimum absolute atomic E-state index is 0.186. The maximum Gasteiger partial charge on any atom is 0.151 e. The highest BCUT2D eigenvalue weighted by molar-refractivity contribution is 5.26. The second-order valence-electron chi connectivity index (χ2n) is 4.33. The van der Waals surface area contributed by atoms with Crippen LogP contribution in [-0.4, -0.2) is 21.3 Å². The van der Waals surface area contributed by atoms with E-state index in [-0.39, 0.29) is 5.82 Å². The van der Waals surface area contributed by atoms with Crippen molar-refractivity contribution in [3.05, 3.63) is 47.3 Å². The molecule has 0 amide bonds. The van der Waals surface area contributed by atoms with E-state index < -0.39 is 0 Å². The maximum atomic E-state index is 12.9. The third kappa shape index (κ3) is 3.37. The third-order valence-electron chi connectivity index (χ3n) is 2.79. The van der Waals surface area contributed by atoms with Gasteiger partial charge in [0.15, 0.2) is 5.82 Å². The summed E-state index contributed by atoms with van der Waals surface area (Å²) in [5, 5.41) is 7.51. The summed E-state index contributed by atoms with van der Waals surface area (Å²) in [7, 11) is 1.85. The normalized spacial score (nSPS) is 10.8. The lowest BCUT2D eigenvalue weighted by Crippen LogP contribution is -2.18. The molecular weight excluding hydrogens is 231 g/mol. The maximum absolute atomic E-state index is 12.9. The fourth-order valence-corrected chi connectivity index (χ4v) is 1.78. The summed E-state index contributed by atoms with van der Waals surface area (Å²) in [6, 6.07) is 4.86. The molecule has 1 aromatic heterocycles. The minimum atomic E-state index is -0.186. The van der Waals surface area contributed by atoms with Crippen LogP contribution < -0.4 is 5.32 Å². The molecule has 96 valence electrons. The molecule has 0 aliphatic carbocycles. The van der Waals surface area contributed by atoms with E-state index in [1.807, 2.05) is 20.0 Å². The van der Waals surface area contributed by atoms with Crippen LogP contribution in [0.5, 0.6) is 0 Å². The Balaban J connectivity index is 1.78. The molecule has 18 heavy (non-hydrogen) atoms. The van der Waals surface area contributed by atoms with E-state index in [9.17, 15) is 4.39 Å². The van der Waals surface area contributed by atoms with Crippen LogP contribution in [0.3, 0.4) is 0 Å². The lowest BCUT2D eigenvalue weighted by Gasteiger charge is -2.07. The monoisotopic (exact) mass is 248 g/mol. The molecule has 0 spiro atoms. The first-order valence-corrected chi connectivity index (χ1v) is 5.95. The first kappa shape index (κ1) is 12.7. The third-order valence-corrected chi connectivity index (χ3v) is 2.79. The predicted octanol–water partition coefficient (Wildman–Crippen LogP) is 1.59. The van der Waals surface area contributed by atoms with Gasteiger partial charge in [-0.15, -0.1) is 0 Å². The quantitative estimate of drug-likeness (QED) is 0.817. The van der Waals surface area contributed by atoms with Crippen LogP contribution in [0.4, 0.5) is 4.39 Å². The molecule has 4 nitrogen and oxygen atoms in total. The molecule has 2 aromatic rings. The van der Waals surface area contributed by atoms with Crippen molar-refractivity contribution in [2.45, 2.75) is 19.9 Å². The van der Waals surface area contributed by atoms with E-state index in [1.165, 1.54) is 6.07 Å². The first-order chi connectivity index (χ1) is 8.65. The Kier molecular flexibility index (Phi) is 4.04. The molecule has 0 aliphatic rings. The average Bonchev–Trinajstić information content (AvgIpc) is 2.73. The number of hydrogen-bond acceptors (Lipinski definition) is 3. The van der Waals surface area contributed by atoms with Crippen LogP contribution >= 0.6 is 0 Å². The second-order valence-corrected chi connectivity index (χ2v) is 4.33. The molecule has 0 atom stereocenters. The Morgan fingerprint density at radius 2 is 2.22 bits per heavy atom. The van der Waals surface area contributed by atoms with E-state index in [0.717, 1.165) is 36.5 Å². The number of nitrogens with zero attached hydrogens (tertiary/aromatic N) is 3. The zero-order chi connectivity index (χ0) is 13.0. The summed E-state index contributed by atoms with van der Waals surface area (Å²) in [6.45, 7) is 3.46. The van der Waals surface area contributed by atoms with Crippen molar-refractivity contribution in [2.75, 3.05) is 6.54 Å². The highest BCUT2D eigenvalue weighted by Crippen LogP contribution is 2.09. The van der Waals surface area contributed by atoms with Crippen molar-refractivity contribution in [1.82, 2.24) is 20.1 Å². The fraction of sp³-hybridized carbons (Fsp3) is 0.385. The van der Waals surface area contributed by atoms with Crippen LogP contribution in [0.15, 0.2) is 24.5 Å². The van der Waals surface area contributed by atoms with Crippen LogP contribution in [-0.2, 0) is 20.0 Å². The Hall–Kier alpha value is -1.75. The number of benzene rings is 1. The molecule has 0 unspecified atom stereocenters. The second kappa shape index (κ2) is 5.73. The molecular formula is C13H17FN4. The van der Waals surface area contributed by atoms with Crippen molar-refractivity contribution >= 4 is 0 Å². The molecule has 1 heterocycles. The lowest BCUT2D eigenvalue weighted by atomic mass is 10.1. The minimum Gasteiger partial charge on any atom is -0.312 e. The van der Waals surface area contributed by atoms with Crippen molar-refractivity contribution in [2.24, 2.45) is 7.05 Å². The molecule has 0 saturated heterocycles. The molecule has 0 radical (unpaired) electrons. The van der Waals surface area contributed by atoms with E-state index in [4.69, 9.17) is 0 Å². The SMILES string of the molecule is Cc1cc(F)ccc1CNCCc1ncn(C)n1. The van der Waals surface area contributed by atoms with E-state index in [2.05, 4.69) is 15.4 Å². The van der Waals surface area contributed by atoms with Gasteiger partial charge in [0.25, 0.3) is 0 Å².